The van der Waals surface area contributed by atoms with Crippen LogP contribution < -0.4 is 5.32 Å². The van der Waals surface area contributed by atoms with E-state index < -0.39 is 18.2 Å². The highest BCUT2D eigenvalue weighted by Crippen LogP contribution is 2.29. The lowest BCUT2D eigenvalue weighted by Gasteiger charge is -2.40. The van der Waals surface area contributed by atoms with Gasteiger partial charge < -0.3 is 19.6 Å². The summed E-state index contributed by atoms with van der Waals surface area (Å²) in [7, 11) is 1.66. The van der Waals surface area contributed by atoms with Crippen molar-refractivity contribution in [1.29, 1.82) is 0 Å². The molecular formula is C19H24Cl2N6O2. The zero-order valence-corrected chi connectivity index (χ0v) is 17.9. The number of hydrogen-bond donors (Lipinski definition) is 1. The van der Waals surface area contributed by atoms with E-state index in [0.717, 1.165) is 44.2 Å². The molecule has 0 aliphatic carbocycles. The quantitative estimate of drug-likeness (QED) is 0.776. The van der Waals surface area contributed by atoms with Crippen LogP contribution in [0.15, 0.2) is 23.2 Å². The van der Waals surface area contributed by atoms with E-state index in [4.69, 9.17) is 28.2 Å². The summed E-state index contributed by atoms with van der Waals surface area (Å²) in [6.45, 7) is 7.13. The van der Waals surface area contributed by atoms with E-state index in [1.165, 1.54) is 4.90 Å². The number of fused-ring (bicyclic) bond motifs is 1. The van der Waals surface area contributed by atoms with Gasteiger partial charge in [-0.25, -0.2) is 9.79 Å². The van der Waals surface area contributed by atoms with Crippen molar-refractivity contribution in [3.05, 3.63) is 33.8 Å². The molecule has 3 aliphatic heterocycles. The van der Waals surface area contributed by atoms with Crippen molar-refractivity contribution < 1.29 is 9.59 Å². The SMILES string of the molecule is CCN1CCN(C2=NC3C(C(=O)NC(=O)N3C)N2Cc2ccc(Cl)c(Cl)c2)CC1. The highest BCUT2D eigenvalue weighted by atomic mass is 35.5. The Kier molecular flexibility index (Phi) is 5.59. The van der Waals surface area contributed by atoms with E-state index in [1.807, 2.05) is 11.0 Å². The first-order chi connectivity index (χ1) is 13.9. The number of imide groups is 1. The molecule has 2 fully saturated rings. The number of nitrogens with zero attached hydrogens (tertiary/aromatic N) is 5. The molecule has 1 aromatic rings. The molecule has 1 N–H and O–H groups in total. The Morgan fingerprint density at radius 2 is 1.86 bits per heavy atom. The van der Waals surface area contributed by atoms with Crippen LogP contribution in [0.25, 0.3) is 0 Å². The number of hydrogen-bond acceptors (Lipinski definition) is 6. The minimum atomic E-state index is -0.577. The number of piperazine rings is 1. The van der Waals surface area contributed by atoms with E-state index in [2.05, 4.69) is 22.0 Å². The third-order valence-corrected chi connectivity index (χ3v) is 6.52. The largest absolute Gasteiger partial charge is 0.340 e. The van der Waals surface area contributed by atoms with Gasteiger partial charge in [-0.05, 0) is 24.2 Å². The van der Waals surface area contributed by atoms with E-state index >= 15 is 0 Å². The number of guanidine groups is 1. The predicted octanol–water partition coefficient (Wildman–Crippen LogP) is 1.68. The van der Waals surface area contributed by atoms with Crippen molar-refractivity contribution >= 4 is 41.1 Å². The lowest BCUT2D eigenvalue weighted by Crippen LogP contribution is -2.64. The fraction of sp³-hybridized carbons (Fsp3) is 0.526. The molecule has 8 nitrogen and oxygen atoms in total. The summed E-state index contributed by atoms with van der Waals surface area (Å²) in [5.41, 5.74) is 0.923. The topological polar surface area (TPSA) is 71.5 Å². The molecule has 0 spiro atoms. The van der Waals surface area contributed by atoms with Crippen molar-refractivity contribution in [1.82, 2.24) is 24.9 Å². The Labute approximate surface area is 180 Å². The van der Waals surface area contributed by atoms with Gasteiger partial charge in [-0.1, -0.05) is 36.2 Å². The smallest absolute Gasteiger partial charge is 0.325 e. The normalized spacial score (nSPS) is 25.2. The van der Waals surface area contributed by atoms with Crippen LogP contribution in [0.3, 0.4) is 0 Å². The average Bonchev–Trinajstić information content (AvgIpc) is 3.09. The molecule has 2 saturated heterocycles. The van der Waals surface area contributed by atoms with Crippen molar-refractivity contribution in [2.75, 3.05) is 39.8 Å². The molecule has 2 atom stereocenters. The van der Waals surface area contributed by atoms with Crippen LogP contribution in [-0.4, -0.2) is 89.5 Å². The molecule has 1 aromatic carbocycles. The number of aliphatic imine (C=N–C) groups is 1. The summed E-state index contributed by atoms with van der Waals surface area (Å²) in [6.07, 6.45) is -0.543. The second-order valence-electron chi connectivity index (χ2n) is 7.49. The van der Waals surface area contributed by atoms with Crippen LogP contribution in [-0.2, 0) is 11.3 Å². The lowest BCUT2D eigenvalue weighted by atomic mass is 10.1. The fourth-order valence-electron chi connectivity index (χ4n) is 4.04. The van der Waals surface area contributed by atoms with Gasteiger partial charge in [0.2, 0.25) is 0 Å². The van der Waals surface area contributed by atoms with Gasteiger partial charge in [-0.3, -0.25) is 10.1 Å². The summed E-state index contributed by atoms with van der Waals surface area (Å²) in [4.78, 5) is 37.7. The van der Waals surface area contributed by atoms with Crippen LogP contribution in [0.5, 0.6) is 0 Å². The van der Waals surface area contributed by atoms with Gasteiger partial charge in [0.05, 0.1) is 10.0 Å². The highest BCUT2D eigenvalue weighted by Gasteiger charge is 2.49. The Morgan fingerprint density at radius 3 is 2.52 bits per heavy atom. The Balaban J connectivity index is 1.64. The van der Waals surface area contributed by atoms with Gasteiger partial charge in [0, 0.05) is 39.8 Å². The third kappa shape index (κ3) is 3.76. The zero-order chi connectivity index (χ0) is 20.7. The van der Waals surface area contributed by atoms with Crippen molar-refractivity contribution in [3.8, 4) is 0 Å². The number of carbonyl (C=O) groups excluding carboxylic acids is 2. The number of nitrogens with one attached hydrogen (secondary N) is 1. The number of rotatable bonds is 3. The molecule has 0 saturated carbocycles. The number of halogens is 2. The Morgan fingerprint density at radius 1 is 1.14 bits per heavy atom. The minimum Gasteiger partial charge on any atom is -0.340 e. The summed E-state index contributed by atoms with van der Waals surface area (Å²) in [6, 6.07) is 4.45. The predicted molar refractivity (Wildman–Crippen MR) is 112 cm³/mol. The maximum atomic E-state index is 12.7. The summed E-state index contributed by atoms with van der Waals surface area (Å²) < 4.78 is 0. The standard InChI is InChI=1S/C19H24Cl2N6O2/c1-3-25-6-8-26(9-7-25)18-22-16-15(17(28)23-19(29)24(16)2)27(18)11-12-4-5-13(20)14(21)10-12/h4-5,10,15-16H,3,6-9,11H2,1-2H3,(H,23,28,29). The number of carbonyl (C=O) groups is 2. The van der Waals surface area contributed by atoms with Gasteiger partial charge in [0.15, 0.2) is 18.2 Å². The summed E-state index contributed by atoms with van der Waals surface area (Å²) >= 11 is 12.2. The van der Waals surface area contributed by atoms with Crippen LogP contribution in [0.2, 0.25) is 10.0 Å². The van der Waals surface area contributed by atoms with E-state index in [-0.39, 0.29) is 5.91 Å². The summed E-state index contributed by atoms with van der Waals surface area (Å²) in [5, 5.41) is 3.39. The lowest BCUT2D eigenvalue weighted by molar-refractivity contribution is -0.127. The second-order valence-corrected chi connectivity index (χ2v) is 8.30. The first kappa shape index (κ1) is 20.3. The maximum absolute atomic E-state index is 12.7. The number of amides is 3. The van der Waals surface area contributed by atoms with E-state index in [9.17, 15) is 9.59 Å². The van der Waals surface area contributed by atoms with E-state index in [0.29, 0.717) is 16.6 Å². The van der Waals surface area contributed by atoms with Gasteiger partial charge in [-0.15, -0.1) is 0 Å². The van der Waals surface area contributed by atoms with Gasteiger partial charge in [0.1, 0.15) is 0 Å². The number of likely N-dealkylation sites (N-methyl/N-ethyl adjacent to an activating group) is 2. The molecule has 3 heterocycles. The maximum Gasteiger partial charge on any atom is 0.325 e. The van der Waals surface area contributed by atoms with Crippen molar-refractivity contribution in [2.45, 2.75) is 25.7 Å². The summed E-state index contributed by atoms with van der Waals surface area (Å²) in [5.74, 6) is 0.419. The molecular weight excluding hydrogens is 415 g/mol. The second kappa shape index (κ2) is 8.01. The first-order valence-electron chi connectivity index (χ1n) is 9.72. The fourth-order valence-corrected chi connectivity index (χ4v) is 4.36. The van der Waals surface area contributed by atoms with Crippen LogP contribution >= 0.6 is 23.2 Å². The molecule has 10 heteroatoms. The number of urea groups is 1. The Hall–Kier alpha value is -2.03. The molecule has 156 valence electrons. The van der Waals surface area contributed by atoms with Crippen LogP contribution in [0, 0.1) is 0 Å². The molecule has 29 heavy (non-hydrogen) atoms. The molecule has 0 aromatic heterocycles. The molecule has 0 radical (unpaired) electrons. The molecule has 2 unspecified atom stereocenters. The molecule has 0 bridgehead atoms. The number of benzene rings is 1. The molecule has 3 aliphatic rings. The minimum absolute atomic E-state index is 0.330. The average molecular weight is 439 g/mol. The van der Waals surface area contributed by atoms with Gasteiger partial charge >= 0.3 is 6.03 Å². The molecule has 4 rings (SSSR count). The molecule has 3 amide bonds. The third-order valence-electron chi connectivity index (χ3n) is 5.78. The van der Waals surface area contributed by atoms with Crippen molar-refractivity contribution in [3.63, 3.8) is 0 Å². The zero-order valence-electron chi connectivity index (χ0n) is 16.4. The first-order valence-corrected chi connectivity index (χ1v) is 10.5. The van der Waals surface area contributed by atoms with Gasteiger partial charge in [-0.2, -0.15) is 0 Å². The van der Waals surface area contributed by atoms with Crippen LogP contribution in [0.1, 0.15) is 12.5 Å². The van der Waals surface area contributed by atoms with E-state index in [1.54, 1.807) is 19.2 Å². The monoisotopic (exact) mass is 438 g/mol. The Bertz CT molecular complexity index is 855. The van der Waals surface area contributed by atoms with Gasteiger partial charge in [0.25, 0.3) is 5.91 Å². The van der Waals surface area contributed by atoms with Crippen LogP contribution in [0.4, 0.5) is 4.79 Å². The highest BCUT2D eigenvalue weighted by molar-refractivity contribution is 6.42. The van der Waals surface area contributed by atoms with Crippen molar-refractivity contribution in [2.24, 2.45) is 4.99 Å².